The van der Waals surface area contributed by atoms with E-state index in [1.54, 1.807) is 6.07 Å². The number of hydrogen-bond acceptors (Lipinski definition) is 0. The molecular formula is C13H9BrCl2. The fourth-order valence-corrected chi connectivity index (χ4v) is 2.39. The second-order valence-electron chi connectivity index (χ2n) is 3.45. The van der Waals surface area contributed by atoms with Gasteiger partial charge in [-0.25, -0.2) is 0 Å². The molecule has 3 heteroatoms. The molecule has 0 N–H and O–H groups in total. The predicted octanol–water partition coefficient (Wildman–Crippen LogP) is 5.56. The molecule has 0 saturated carbocycles. The van der Waals surface area contributed by atoms with Gasteiger partial charge in [0.2, 0.25) is 0 Å². The van der Waals surface area contributed by atoms with Gasteiger partial charge in [0, 0.05) is 20.9 Å². The highest BCUT2D eigenvalue weighted by molar-refractivity contribution is 9.08. The second-order valence-corrected chi connectivity index (χ2v) is 4.86. The summed E-state index contributed by atoms with van der Waals surface area (Å²) in [6, 6.07) is 13.8. The molecule has 0 bridgehead atoms. The van der Waals surface area contributed by atoms with Crippen LogP contribution in [0.25, 0.3) is 11.1 Å². The molecule has 2 aromatic rings. The third-order valence-corrected chi connectivity index (χ3v) is 3.55. The SMILES string of the molecule is Clc1ccc(-c2ccc(CBr)cc2)c(Cl)c1. The highest BCUT2D eigenvalue weighted by Gasteiger charge is 2.03. The van der Waals surface area contributed by atoms with Gasteiger partial charge in [-0.15, -0.1) is 0 Å². The first kappa shape index (κ1) is 12.0. The number of hydrogen-bond donors (Lipinski definition) is 0. The quantitative estimate of drug-likeness (QED) is 0.637. The Hall–Kier alpha value is -0.500. The Morgan fingerprint density at radius 3 is 2.19 bits per heavy atom. The molecule has 0 amide bonds. The van der Waals surface area contributed by atoms with E-state index in [1.165, 1.54) is 5.56 Å². The molecule has 0 radical (unpaired) electrons. The van der Waals surface area contributed by atoms with E-state index in [-0.39, 0.29) is 0 Å². The van der Waals surface area contributed by atoms with Crippen LogP contribution in [0.15, 0.2) is 42.5 Å². The summed E-state index contributed by atoms with van der Waals surface area (Å²) >= 11 is 15.4. The smallest absolute Gasteiger partial charge is 0.0499 e. The van der Waals surface area contributed by atoms with Gasteiger partial charge in [-0.1, -0.05) is 69.5 Å². The zero-order valence-corrected chi connectivity index (χ0v) is 11.5. The van der Waals surface area contributed by atoms with Crippen LogP contribution in [0.4, 0.5) is 0 Å². The van der Waals surface area contributed by atoms with Gasteiger partial charge in [0.1, 0.15) is 0 Å². The van der Waals surface area contributed by atoms with Gasteiger partial charge >= 0.3 is 0 Å². The average Bonchev–Trinajstić information content (AvgIpc) is 2.29. The van der Waals surface area contributed by atoms with Gasteiger partial charge in [-0.2, -0.15) is 0 Å². The minimum atomic E-state index is 0.658. The third-order valence-electron chi connectivity index (χ3n) is 2.35. The zero-order valence-electron chi connectivity index (χ0n) is 8.38. The number of halogens is 3. The van der Waals surface area contributed by atoms with E-state index in [1.807, 2.05) is 12.1 Å². The Morgan fingerprint density at radius 1 is 0.938 bits per heavy atom. The van der Waals surface area contributed by atoms with Gasteiger partial charge in [0.25, 0.3) is 0 Å². The summed E-state index contributed by atoms with van der Waals surface area (Å²) < 4.78 is 0. The van der Waals surface area contributed by atoms with Gasteiger partial charge in [0.05, 0.1) is 0 Å². The van der Waals surface area contributed by atoms with E-state index in [0.29, 0.717) is 10.0 Å². The molecule has 0 unspecified atom stereocenters. The summed E-state index contributed by atoms with van der Waals surface area (Å²) in [6.07, 6.45) is 0. The highest BCUT2D eigenvalue weighted by Crippen LogP contribution is 2.30. The lowest BCUT2D eigenvalue weighted by atomic mass is 10.0. The lowest BCUT2D eigenvalue weighted by Gasteiger charge is -2.05. The average molecular weight is 316 g/mol. The van der Waals surface area contributed by atoms with Crippen LogP contribution in [0.2, 0.25) is 10.0 Å². The minimum Gasteiger partial charge on any atom is -0.0876 e. The lowest BCUT2D eigenvalue weighted by molar-refractivity contribution is 1.44. The molecule has 2 rings (SSSR count). The first-order valence-corrected chi connectivity index (χ1v) is 6.69. The lowest BCUT2D eigenvalue weighted by Crippen LogP contribution is -1.81. The largest absolute Gasteiger partial charge is 0.0876 e. The van der Waals surface area contributed by atoms with Crippen molar-refractivity contribution < 1.29 is 0 Å². The van der Waals surface area contributed by atoms with Gasteiger partial charge in [0.15, 0.2) is 0 Å². The first-order valence-electron chi connectivity index (χ1n) is 4.81. The second kappa shape index (κ2) is 5.22. The van der Waals surface area contributed by atoms with Crippen LogP contribution in [0, 0.1) is 0 Å². The Morgan fingerprint density at radius 2 is 1.62 bits per heavy atom. The monoisotopic (exact) mass is 314 g/mol. The van der Waals surface area contributed by atoms with E-state index in [9.17, 15) is 0 Å². The van der Waals surface area contributed by atoms with E-state index < -0.39 is 0 Å². The molecule has 0 nitrogen and oxygen atoms in total. The molecule has 0 aliphatic rings. The van der Waals surface area contributed by atoms with E-state index in [2.05, 4.69) is 40.2 Å². The van der Waals surface area contributed by atoms with Crippen LogP contribution in [-0.4, -0.2) is 0 Å². The molecular weight excluding hydrogens is 307 g/mol. The molecule has 0 fully saturated rings. The first-order chi connectivity index (χ1) is 7.70. The van der Waals surface area contributed by atoms with Crippen molar-refractivity contribution in [2.75, 3.05) is 0 Å². The van der Waals surface area contributed by atoms with Crippen LogP contribution in [-0.2, 0) is 5.33 Å². The van der Waals surface area contributed by atoms with Crippen LogP contribution in [0.5, 0.6) is 0 Å². The van der Waals surface area contributed by atoms with Crippen molar-refractivity contribution in [2.24, 2.45) is 0 Å². The van der Waals surface area contributed by atoms with Crippen molar-refractivity contribution in [1.29, 1.82) is 0 Å². The molecule has 0 saturated heterocycles. The van der Waals surface area contributed by atoms with Crippen molar-refractivity contribution in [3.63, 3.8) is 0 Å². The summed E-state index contributed by atoms with van der Waals surface area (Å²) in [5, 5.41) is 2.20. The van der Waals surface area contributed by atoms with E-state index in [0.717, 1.165) is 16.5 Å². The summed E-state index contributed by atoms with van der Waals surface area (Å²) in [7, 11) is 0. The molecule has 82 valence electrons. The Labute approximate surface area is 113 Å². The summed E-state index contributed by atoms with van der Waals surface area (Å²) in [4.78, 5) is 0. The van der Waals surface area contributed by atoms with Crippen LogP contribution in [0.1, 0.15) is 5.56 Å². The molecule has 16 heavy (non-hydrogen) atoms. The van der Waals surface area contributed by atoms with Crippen molar-refractivity contribution >= 4 is 39.1 Å². The Kier molecular flexibility index (Phi) is 3.91. The zero-order chi connectivity index (χ0) is 11.5. The summed E-state index contributed by atoms with van der Waals surface area (Å²) in [5.41, 5.74) is 3.35. The van der Waals surface area contributed by atoms with Gasteiger partial charge < -0.3 is 0 Å². The fourth-order valence-electron chi connectivity index (χ4n) is 1.50. The molecule has 0 heterocycles. The Bertz CT molecular complexity index is 492. The van der Waals surface area contributed by atoms with E-state index >= 15 is 0 Å². The maximum atomic E-state index is 6.14. The van der Waals surface area contributed by atoms with Crippen LogP contribution < -0.4 is 0 Å². The third kappa shape index (κ3) is 2.60. The number of benzene rings is 2. The van der Waals surface area contributed by atoms with Crippen molar-refractivity contribution in [3.05, 3.63) is 58.1 Å². The molecule has 0 aliphatic carbocycles. The number of alkyl halides is 1. The molecule has 2 aromatic carbocycles. The minimum absolute atomic E-state index is 0.658. The normalized spacial score (nSPS) is 10.4. The van der Waals surface area contributed by atoms with Crippen LogP contribution in [0.3, 0.4) is 0 Å². The van der Waals surface area contributed by atoms with Crippen molar-refractivity contribution in [1.82, 2.24) is 0 Å². The molecule has 0 aliphatic heterocycles. The van der Waals surface area contributed by atoms with Gasteiger partial charge in [-0.3, -0.25) is 0 Å². The van der Waals surface area contributed by atoms with Gasteiger partial charge in [-0.05, 0) is 23.3 Å². The van der Waals surface area contributed by atoms with Crippen molar-refractivity contribution in [2.45, 2.75) is 5.33 Å². The predicted molar refractivity (Wildman–Crippen MR) is 74.5 cm³/mol. The van der Waals surface area contributed by atoms with E-state index in [4.69, 9.17) is 23.2 Å². The summed E-state index contributed by atoms with van der Waals surface area (Å²) in [6.45, 7) is 0. The standard InChI is InChI=1S/C13H9BrCl2/c14-8-9-1-3-10(4-2-9)12-6-5-11(15)7-13(12)16/h1-7H,8H2. The fraction of sp³-hybridized carbons (Fsp3) is 0.0769. The molecule has 0 atom stereocenters. The number of rotatable bonds is 2. The highest BCUT2D eigenvalue weighted by atomic mass is 79.9. The topological polar surface area (TPSA) is 0 Å². The van der Waals surface area contributed by atoms with Crippen molar-refractivity contribution in [3.8, 4) is 11.1 Å². The summed E-state index contributed by atoms with van der Waals surface area (Å²) in [5.74, 6) is 0. The maximum Gasteiger partial charge on any atom is 0.0499 e. The molecule has 0 spiro atoms. The van der Waals surface area contributed by atoms with Crippen LogP contribution >= 0.6 is 39.1 Å². The maximum absolute atomic E-state index is 6.14. The Balaban J connectivity index is 2.42. The molecule has 0 aromatic heterocycles.